The van der Waals surface area contributed by atoms with Crippen molar-refractivity contribution in [2.24, 2.45) is 0 Å². The van der Waals surface area contributed by atoms with Gasteiger partial charge in [-0.25, -0.2) is 0 Å². The van der Waals surface area contributed by atoms with E-state index in [1.165, 1.54) is 12.1 Å². The van der Waals surface area contributed by atoms with E-state index in [4.69, 9.17) is 4.74 Å². The van der Waals surface area contributed by atoms with Crippen LogP contribution in [0.3, 0.4) is 0 Å². The van der Waals surface area contributed by atoms with Crippen LogP contribution < -0.4 is 0 Å². The van der Waals surface area contributed by atoms with Crippen LogP contribution in [0.4, 0.5) is 13.2 Å². The average molecular weight is 328 g/mol. The summed E-state index contributed by atoms with van der Waals surface area (Å²) < 4.78 is 44.6. The van der Waals surface area contributed by atoms with Crippen molar-refractivity contribution in [3.8, 4) is 0 Å². The van der Waals surface area contributed by atoms with Gasteiger partial charge in [-0.05, 0) is 37.6 Å². The minimum Gasteiger partial charge on any atom is -0.379 e. The number of benzene rings is 1. The standard InChI is InChI=1S/C17H23F3N2O/c18-17(19,20)16-4-2-1-3-14(16)13-21-7-5-15(6-8-21)22-9-11-23-12-10-22/h1-4,15H,5-13H2. The molecule has 6 heteroatoms. The second-order valence-electron chi connectivity index (χ2n) is 6.31. The molecule has 1 aromatic carbocycles. The molecule has 0 saturated carbocycles. The van der Waals surface area contributed by atoms with E-state index in [1.807, 2.05) is 0 Å². The van der Waals surface area contributed by atoms with Crippen LogP contribution in [0.1, 0.15) is 24.0 Å². The zero-order chi connectivity index (χ0) is 16.3. The van der Waals surface area contributed by atoms with Gasteiger partial charge in [0, 0.05) is 25.7 Å². The van der Waals surface area contributed by atoms with Gasteiger partial charge in [0.1, 0.15) is 0 Å². The Morgan fingerprint density at radius 3 is 2.30 bits per heavy atom. The molecule has 2 aliphatic heterocycles. The number of hydrogen-bond acceptors (Lipinski definition) is 3. The topological polar surface area (TPSA) is 15.7 Å². The lowest BCUT2D eigenvalue weighted by molar-refractivity contribution is -0.138. The molecule has 0 amide bonds. The summed E-state index contributed by atoms with van der Waals surface area (Å²) in [6.07, 6.45) is -2.23. The number of hydrogen-bond donors (Lipinski definition) is 0. The van der Waals surface area contributed by atoms with Crippen LogP contribution in [0.25, 0.3) is 0 Å². The molecule has 0 spiro atoms. The Labute approximate surface area is 135 Å². The quantitative estimate of drug-likeness (QED) is 0.848. The predicted octanol–water partition coefficient (Wildman–Crippen LogP) is 3.00. The molecule has 3 rings (SSSR count). The number of halogens is 3. The van der Waals surface area contributed by atoms with Crippen molar-refractivity contribution >= 4 is 0 Å². The summed E-state index contributed by atoms with van der Waals surface area (Å²) in [5.41, 5.74) is -0.125. The van der Waals surface area contributed by atoms with Gasteiger partial charge >= 0.3 is 6.18 Å². The van der Waals surface area contributed by atoms with Gasteiger partial charge in [0.15, 0.2) is 0 Å². The van der Waals surface area contributed by atoms with Gasteiger partial charge < -0.3 is 4.74 Å². The molecule has 3 nitrogen and oxygen atoms in total. The predicted molar refractivity (Wildman–Crippen MR) is 82.1 cm³/mol. The molecule has 0 aromatic heterocycles. The fourth-order valence-electron chi connectivity index (χ4n) is 3.56. The molecule has 2 fully saturated rings. The maximum atomic E-state index is 13.1. The molecule has 1 aromatic rings. The van der Waals surface area contributed by atoms with Crippen molar-refractivity contribution in [3.05, 3.63) is 35.4 Å². The zero-order valence-corrected chi connectivity index (χ0v) is 13.2. The number of piperidine rings is 1. The van der Waals surface area contributed by atoms with Gasteiger partial charge in [-0.15, -0.1) is 0 Å². The van der Waals surface area contributed by atoms with Gasteiger partial charge in [0.05, 0.1) is 18.8 Å². The molecule has 0 unspecified atom stereocenters. The maximum absolute atomic E-state index is 13.1. The number of rotatable bonds is 3. The number of ether oxygens (including phenoxy) is 1. The Hall–Kier alpha value is -1.11. The van der Waals surface area contributed by atoms with Crippen LogP contribution in [0.15, 0.2) is 24.3 Å². The summed E-state index contributed by atoms with van der Waals surface area (Å²) in [5, 5.41) is 0. The molecule has 23 heavy (non-hydrogen) atoms. The lowest BCUT2D eigenvalue weighted by Gasteiger charge is -2.40. The van der Waals surface area contributed by atoms with Gasteiger partial charge in [0.2, 0.25) is 0 Å². The van der Waals surface area contributed by atoms with Crippen LogP contribution in [-0.2, 0) is 17.5 Å². The Morgan fingerprint density at radius 2 is 1.65 bits per heavy atom. The number of nitrogens with zero attached hydrogens (tertiary/aromatic N) is 2. The highest BCUT2D eigenvalue weighted by Crippen LogP contribution is 2.32. The molecule has 128 valence electrons. The van der Waals surface area contributed by atoms with E-state index in [-0.39, 0.29) is 0 Å². The molecular formula is C17H23F3N2O. The van der Waals surface area contributed by atoms with Gasteiger partial charge in [-0.3, -0.25) is 9.80 Å². The SMILES string of the molecule is FC(F)(F)c1ccccc1CN1CCC(N2CCOCC2)CC1. The fourth-order valence-corrected chi connectivity index (χ4v) is 3.56. The molecular weight excluding hydrogens is 305 g/mol. The zero-order valence-electron chi connectivity index (χ0n) is 13.2. The normalized spacial score (nSPS) is 22.4. The van der Waals surface area contributed by atoms with E-state index in [0.717, 1.165) is 52.2 Å². The second-order valence-corrected chi connectivity index (χ2v) is 6.31. The van der Waals surface area contributed by atoms with Gasteiger partial charge in [-0.2, -0.15) is 13.2 Å². The first-order valence-electron chi connectivity index (χ1n) is 8.23. The molecule has 2 aliphatic rings. The third kappa shape index (κ3) is 4.25. The van der Waals surface area contributed by atoms with Crippen LogP contribution in [0.5, 0.6) is 0 Å². The van der Waals surface area contributed by atoms with Crippen molar-refractivity contribution < 1.29 is 17.9 Å². The van der Waals surface area contributed by atoms with E-state index >= 15 is 0 Å². The van der Waals surface area contributed by atoms with E-state index in [9.17, 15) is 13.2 Å². The molecule has 0 radical (unpaired) electrons. The highest BCUT2D eigenvalue weighted by molar-refractivity contribution is 5.29. The molecule has 0 N–H and O–H groups in total. The molecule has 0 atom stereocenters. The van der Waals surface area contributed by atoms with Crippen molar-refractivity contribution in [2.45, 2.75) is 31.6 Å². The first kappa shape index (κ1) is 16.7. The average Bonchev–Trinajstić information content (AvgIpc) is 2.56. The van der Waals surface area contributed by atoms with E-state index in [0.29, 0.717) is 18.2 Å². The molecule has 2 heterocycles. The smallest absolute Gasteiger partial charge is 0.379 e. The van der Waals surface area contributed by atoms with E-state index in [2.05, 4.69) is 9.80 Å². The third-order valence-electron chi connectivity index (χ3n) is 4.84. The van der Waals surface area contributed by atoms with Gasteiger partial charge in [-0.1, -0.05) is 18.2 Å². The summed E-state index contributed by atoms with van der Waals surface area (Å²) in [6, 6.07) is 6.46. The largest absolute Gasteiger partial charge is 0.416 e. The Morgan fingerprint density at radius 1 is 1.00 bits per heavy atom. The van der Waals surface area contributed by atoms with Crippen LogP contribution in [0.2, 0.25) is 0 Å². The van der Waals surface area contributed by atoms with Crippen LogP contribution in [-0.4, -0.2) is 55.2 Å². The second kappa shape index (κ2) is 7.20. The first-order valence-corrected chi connectivity index (χ1v) is 8.23. The van der Waals surface area contributed by atoms with Crippen LogP contribution in [0, 0.1) is 0 Å². The monoisotopic (exact) mass is 328 g/mol. The minimum absolute atomic E-state index is 0.379. The number of likely N-dealkylation sites (tertiary alicyclic amines) is 1. The molecule has 0 aliphatic carbocycles. The summed E-state index contributed by atoms with van der Waals surface area (Å²) in [4.78, 5) is 4.60. The molecule has 2 saturated heterocycles. The lowest BCUT2D eigenvalue weighted by atomic mass is 10.0. The first-order chi connectivity index (χ1) is 11.0. The van der Waals surface area contributed by atoms with Gasteiger partial charge in [0.25, 0.3) is 0 Å². The highest BCUT2D eigenvalue weighted by atomic mass is 19.4. The number of alkyl halides is 3. The third-order valence-corrected chi connectivity index (χ3v) is 4.84. The minimum atomic E-state index is -4.28. The summed E-state index contributed by atoms with van der Waals surface area (Å²) >= 11 is 0. The van der Waals surface area contributed by atoms with Crippen molar-refractivity contribution in [3.63, 3.8) is 0 Å². The summed E-state index contributed by atoms with van der Waals surface area (Å²) in [5.74, 6) is 0. The Bertz CT molecular complexity index is 507. The Kier molecular flexibility index (Phi) is 5.24. The summed E-state index contributed by atoms with van der Waals surface area (Å²) in [6.45, 7) is 5.62. The Balaban J connectivity index is 1.57. The maximum Gasteiger partial charge on any atom is 0.416 e. The highest BCUT2D eigenvalue weighted by Gasteiger charge is 2.33. The van der Waals surface area contributed by atoms with Crippen molar-refractivity contribution in [2.75, 3.05) is 39.4 Å². The van der Waals surface area contributed by atoms with Crippen molar-refractivity contribution in [1.29, 1.82) is 0 Å². The fraction of sp³-hybridized carbons (Fsp3) is 0.647. The lowest BCUT2D eigenvalue weighted by Crippen LogP contribution is -2.48. The van der Waals surface area contributed by atoms with E-state index < -0.39 is 11.7 Å². The summed E-state index contributed by atoms with van der Waals surface area (Å²) in [7, 11) is 0. The van der Waals surface area contributed by atoms with E-state index in [1.54, 1.807) is 12.1 Å². The van der Waals surface area contributed by atoms with Crippen LogP contribution >= 0.6 is 0 Å². The number of morpholine rings is 1. The molecule has 0 bridgehead atoms. The van der Waals surface area contributed by atoms with Crippen molar-refractivity contribution in [1.82, 2.24) is 9.80 Å².